The van der Waals surface area contributed by atoms with Crippen molar-refractivity contribution in [1.82, 2.24) is 10.2 Å². The molecule has 96 valence electrons. The van der Waals surface area contributed by atoms with E-state index in [0.29, 0.717) is 5.41 Å². The highest BCUT2D eigenvalue weighted by atomic mass is 15.1. The van der Waals surface area contributed by atoms with Crippen molar-refractivity contribution in [2.24, 2.45) is 5.41 Å². The Labute approximate surface area is 102 Å². The van der Waals surface area contributed by atoms with Gasteiger partial charge in [0.25, 0.3) is 0 Å². The van der Waals surface area contributed by atoms with Gasteiger partial charge in [-0.25, -0.2) is 0 Å². The summed E-state index contributed by atoms with van der Waals surface area (Å²) in [5, 5.41) is 3.62. The summed E-state index contributed by atoms with van der Waals surface area (Å²) in [6.07, 6.45) is 6.79. The summed E-state index contributed by atoms with van der Waals surface area (Å²) in [6.45, 7) is 10.6. The van der Waals surface area contributed by atoms with Gasteiger partial charge in [0.2, 0.25) is 0 Å². The molecule has 1 heterocycles. The van der Waals surface area contributed by atoms with Crippen LogP contribution in [0, 0.1) is 5.41 Å². The molecule has 2 heteroatoms. The van der Waals surface area contributed by atoms with Gasteiger partial charge in [-0.15, -0.1) is 0 Å². The molecule has 2 nitrogen and oxygen atoms in total. The van der Waals surface area contributed by atoms with Crippen LogP contribution in [0.25, 0.3) is 0 Å². The molecule has 0 aromatic carbocycles. The monoisotopic (exact) mass is 226 g/mol. The molecule has 1 atom stereocenters. The number of hydrogen-bond acceptors (Lipinski definition) is 2. The van der Waals surface area contributed by atoms with E-state index in [1.807, 2.05) is 0 Å². The number of nitrogens with one attached hydrogen (secondary N) is 1. The molecule has 1 saturated heterocycles. The summed E-state index contributed by atoms with van der Waals surface area (Å²) in [6, 6.07) is 0.825. The van der Waals surface area contributed by atoms with Crippen molar-refractivity contribution in [1.29, 1.82) is 0 Å². The lowest BCUT2D eigenvalue weighted by Crippen LogP contribution is -2.39. The van der Waals surface area contributed by atoms with Crippen molar-refractivity contribution in [2.75, 3.05) is 26.7 Å². The largest absolute Gasteiger partial charge is 0.316 e. The third kappa shape index (κ3) is 4.84. The van der Waals surface area contributed by atoms with Crippen LogP contribution < -0.4 is 5.32 Å². The first kappa shape index (κ1) is 14.0. The Kier molecular flexibility index (Phi) is 5.77. The fourth-order valence-electron chi connectivity index (χ4n) is 2.33. The van der Waals surface area contributed by atoms with Gasteiger partial charge in [-0.3, -0.25) is 0 Å². The minimum atomic E-state index is 0.457. The molecule has 0 aliphatic carbocycles. The molecule has 16 heavy (non-hydrogen) atoms. The van der Waals surface area contributed by atoms with Crippen LogP contribution >= 0.6 is 0 Å². The lowest BCUT2D eigenvalue weighted by Gasteiger charge is -2.33. The average molecular weight is 226 g/mol. The van der Waals surface area contributed by atoms with E-state index in [-0.39, 0.29) is 0 Å². The minimum absolute atomic E-state index is 0.457. The number of piperidine rings is 1. The van der Waals surface area contributed by atoms with Crippen LogP contribution in [0.15, 0.2) is 0 Å². The van der Waals surface area contributed by atoms with Crippen molar-refractivity contribution in [3.63, 3.8) is 0 Å². The van der Waals surface area contributed by atoms with Crippen molar-refractivity contribution in [2.45, 2.75) is 58.9 Å². The average Bonchev–Trinajstić information content (AvgIpc) is 2.27. The summed E-state index contributed by atoms with van der Waals surface area (Å²) in [7, 11) is 2.28. The van der Waals surface area contributed by atoms with Crippen molar-refractivity contribution < 1.29 is 0 Å². The van der Waals surface area contributed by atoms with E-state index >= 15 is 0 Å². The van der Waals surface area contributed by atoms with Gasteiger partial charge in [-0.05, 0) is 51.2 Å². The van der Waals surface area contributed by atoms with Crippen LogP contribution in [0.5, 0.6) is 0 Å². The zero-order chi connectivity index (χ0) is 12.0. The van der Waals surface area contributed by atoms with E-state index in [0.717, 1.165) is 12.6 Å². The van der Waals surface area contributed by atoms with Gasteiger partial charge in [0.15, 0.2) is 0 Å². The topological polar surface area (TPSA) is 15.3 Å². The third-order valence-corrected chi connectivity index (χ3v) is 4.14. The molecule has 0 amide bonds. The van der Waals surface area contributed by atoms with Gasteiger partial charge < -0.3 is 10.2 Å². The quantitative estimate of drug-likeness (QED) is 0.701. The molecular weight excluding hydrogens is 196 g/mol. The summed E-state index contributed by atoms with van der Waals surface area (Å²) < 4.78 is 0. The Hall–Kier alpha value is -0.0800. The predicted octanol–water partition coefficient (Wildman–Crippen LogP) is 2.89. The second-order valence-corrected chi connectivity index (χ2v) is 6.11. The van der Waals surface area contributed by atoms with E-state index in [2.05, 4.69) is 38.0 Å². The summed E-state index contributed by atoms with van der Waals surface area (Å²) in [5.74, 6) is 0. The van der Waals surface area contributed by atoms with Crippen LogP contribution in [0.4, 0.5) is 0 Å². The van der Waals surface area contributed by atoms with Gasteiger partial charge in [-0.1, -0.05) is 27.2 Å². The van der Waals surface area contributed by atoms with E-state index in [1.54, 1.807) is 0 Å². The first-order chi connectivity index (χ1) is 7.55. The number of nitrogens with zero attached hydrogens (tertiary/aromatic N) is 1. The Balaban J connectivity index is 2.10. The third-order valence-electron chi connectivity index (χ3n) is 4.14. The van der Waals surface area contributed by atoms with Crippen LogP contribution in [0.2, 0.25) is 0 Å². The molecule has 1 N–H and O–H groups in total. The lowest BCUT2D eigenvalue weighted by molar-refractivity contribution is 0.174. The first-order valence-corrected chi connectivity index (χ1v) is 6.96. The molecule has 1 rings (SSSR count). The fourth-order valence-corrected chi connectivity index (χ4v) is 2.33. The maximum atomic E-state index is 3.62. The molecule has 1 fully saturated rings. The van der Waals surface area contributed by atoms with Crippen LogP contribution in [0.1, 0.15) is 52.9 Å². The van der Waals surface area contributed by atoms with E-state index in [4.69, 9.17) is 0 Å². The Morgan fingerprint density at radius 3 is 2.69 bits per heavy atom. The second kappa shape index (κ2) is 6.61. The molecule has 0 aromatic heterocycles. The van der Waals surface area contributed by atoms with E-state index in [9.17, 15) is 0 Å². The maximum Gasteiger partial charge on any atom is 0.0104 e. The molecule has 0 bridgehead atoms. The summed E-state index contributed by atoms with van der Waals surface area (Å²) in [4.78, 5) is 2.54. The second-order valence-electron chi connectivity index (χ2n) is 6.11. The van der Waals surface area contributed by atoms with E-state index < -0.39 is 0 Å². The molecule has 0 aromatic rings. The smallest absolute Gasteiger partial charge is 0.0104 e. The normalized spacial score (nSPS) is 23.6. The van der Waals surface area contributed by atoms with Crippen LogP contribution in [-0.4, -0.2) is 37.6 Å². The first-order valence-electron chi connectivity index (χ1n) is 6.96. The predicted molar refractivity (Wildman–Crippen MR) is 71.8 cm³/mol. The lowest BCUT2D eigenvalue weighted by atomic mass is 9.90. The van der Waals surface area contributed by atoms with Crippen molar-refractivity contribution in [3.05, 3.63) is 0 Å². The number of rotatable bonds is 6. The molecule has 1 unspecified atom stereocenters. The maximum absolute atomic E-state index is 3.62. The zero-order valence-corrected chi connectivity index (χ0v) is 11.7. The van der Waals surface area contributed by atoms with Gasteiger partial charge >= 0.3 is 0 Å². The molecule has 0 spiro atoms. The fraction of sp³-hybridized carbons (Fsp3) is 1.00. The molecule has 1 aliphatic rings. The van der Waals surface area contributed by atoms with Gasteiger partial charge in [-0.2, -0.15) is 0 Å². The molecule has 1 aliphatic heterocycles. The molecular formula is C14H30N2. The van der Waals surface area contributed by atoms with Gasteiger partial charge in [0.1, 0.15) is 0 Å². The molecule has 0 saturated carbocycles. The van der Waals surface area contributed by atoms with Crippen LogP contribution in [0.3, 0.4) is 0 Å². The molecule has 0 radical (unpaired) electrons. The standard InChI is InChI=1S/C14H30N2/c1-5-14(2,3)12-15-10-9-13-8-6-7-11-16(13)4/h13,15H,5-12H2,1-4H3. The van der Waals surface area contributed by atoms with Crippen molar-refractivity contribution >= 4 is 0 Å². The van der Waals surface area contributed by atoms with Crippen molar-refractivity contribution in [3.8, 4) is 0 Å². The highest BCUT2D eigenvalue weighted by Gasteiger charge is 2.19. The Bertz CT molecular complexity index is 189. The Morgan fingerprint density at radius 2 is 2.06 bits per heavy atom. The number of likely N-dealkylation sites (tertiary alicyclic amines) is 1. The number of hydrogen-bond donors (Lipinski definition) is 1. The zero-order valence-electron chi connectivity index (χ0n) is 11.7. The van der Waals surface area contributed by atoms with E-state index in [1.165, 1.54) is 45.2 Å². The van der Waals surface area contributed by atoms with Gasteiger partial charge in [0.05, 0.1) is 0 Å². The van der Waals surface area contributed by atoms with Crippen LogP contribution in [-0.2, 0) is 0 Å². The highest BCUT2D eigenvalue weighted by Crippen LogP contribution is 2.19. The Morgan fingerprint density at radius 1 is 1.31 bits per heavy atom. The summed E-state index contributed by atoms with van der Waals surface area (Å²) >= 11 is 0. The SMILES string of the molecule is CCC(C)(C)CNCCC1CCCCN1C. The van der Waals surface area contributed by atoms with Gasteiger partial charge in [0, 0.05) is 12.6 Å². The highest BCUT2D eigenvalue weighted by molar-refractivity contribution is 4.76. The minimum Gasteiger partial charge on any atom is -0.316 e. The summed E-state index contributed by atoms with van der Waals surface area (Å²) in [5.41, 5.74) is 0.457.